The van der Waals surface area contributed by atoms with Gasteiger partial charge < -0.3 is 19.7 Å². The summed E-state index contributed by atoms with van der Waals surface area (Å²) < 4.78 is 10.1. The maximum atomic E-state index is 12.5. The van der Waals surface area contributed by atoms with Crippen molar-refractivity contribution < 1.29 is 34.1 Å². The van der Waals surface area contributed by atoms with E-state index in [1.54, 1.807) is 12.2 Å². The fourth-order valence-electron chi connectivity index (χ4n) is 7.26. The third-order valence-electron chi connectivity index (χ3n) is 9.08. The van der Waals surface area contributed by atoms with Gasteiger partial charge in [-0.25, -0.2) is 4.79 Å². The summed E-state index contributed by atoms with van der Waals surface area (Å²) in [5.41, 5.74) is -3.23. The molecule has 1 unspecified atom stereocenters. The lowest BCUT2D eigenvalue weighted by molar-refractivity contribution is -0.243. The molecule has 0 radical (unpaired) electrons. The number of hydrogen-bond donors (Lipinski definition) is 2. The molecule has 31 heavy (non-hydrogen) atoms. The second-order valence-corrected chi connectivity index (χ2v) is 10.2. The lowest BCUT2D eigenvalue weighted by Gasteiger charge is -2.62. The maximum absolute atomic E-state index is 12.5. The van der Waals surface area contributed by atoms with E-state index in [0.29, 0.717) is 32.1 Å². The third-order valence-corrected chi connectivity index (χ3v) is 9.08. The predicted molar refractivity (Wildman–Crippen MR) is 111 cm³/mol. The van der Waals surface area contributed by atoms with E-state index < -0.39 is 34.7 Å². The molecule has 0 aromatic carbocycles. The van der Waals surface area contributed by atoms with Gasteiger partial charge >= 0.3 is 11.9 Å². The van der Waals surface area contributed by atoms with Gasteiger partial charge in [-0.05, 0) is 62.5 Å². The molecule has 3 saturated carbocycles. The molecule has 0 saturated heterocycles. The fraction of sp³-hybridized carbons (Fsp3) is 0.708. The molecule has 7 nitrogen and oxygen atoms in total. The number of hydrogen-bond acceptors (Lipinski definition) is 7. The minimum atomic E-state index is -1.74. The molecule has 0 aromatic heterocycles. The molecule has 4 rings (SSSR count). The Labute approximate surface area is 182 Å². The zero-order valence-corrected chi connectivity index (χ0v) is 18.6. The molecule has 2 N–H and O–H groups in total. The molecule has 3 fully saturated rings. The second kappa shape index (κ2) is 7.01. The lowest BCUT2D eigenvalue weighted by atomic mass is 9.45. The Balaban J connectivity index is 1.74. The van der Waals surface area contributed by atoms with Crippen LogP contribution in [-0.2, 0) is 23.9 Å². The molecule has 170 valence electrons. The number of rotatable bonds is 3. The SMILES string of the molecule is COC(=O)[C@H](OC(C)=O)[C@@]1(O)CCC2(O)[C@@H]3CCC4=CC(=O)C=C[C@]4(C)[C@H]3CC[C@@]21C. The zero-order chi connectivity index (χ0) is 22.8. The molecule has 0 spiro atoms. The van der Waals surface area contributed by atoms with Gasteiger partial charge in [0.1, 0.15) is 5.60 Å². The smallest absolute Gasteiger partial charge is 0.350 e. The van der Waals surface area contributed by atoms with Crippen LogP contribution in [-0.4, -0.2) is 52.4 Å². The van der Waals surface area contributed by atoms with Gasteiger partial charge in [0, 0.05) is 17.8 Å². The first-order valence-corrected chi connectivity index (χ1v) is 11.1. The number of carbonyl (C=O) groups is 3. The highest BCUT2D eigenvalue weighted by molar-refractivity contribution is 6.01. The van der Waals surface area contributed by atoms with Gasteiger partial charge in [0.2, 0.25) is 6.10 Å². The van der Waals surface area contributed by atoms with Crippen LogP contribution in [0.4, 0.5) is 0 Å². The van der Waals surface area contributed by atoms with Gasteiger partial charge in [-0.1, -0.05) is 25.5 Å². The van der Waals surface area contributed by atoms with Crippen molar-refractivity contribution in [2.45, 2.75) is 76.6 Å². The van der Waals surface area contributed by atoms with E-state index >= 15 is 0 Å². The first-order valence-electron chi connectivity index (χ1n) is 11.1. The van der Waals surface area contributed by atoms with Crippen molar-refractivity contribution in [3.05, 3.63) is 23.8 Å². The Bertz CT molecular complexity index is 890. The monoisotopic (exact) mass is 432 g/mol. The van der Waals surface area contributed by atoms with Crippen molar-refractivity contribution in [2.75, 3.05) is 7.11 Å². The van der Waals surface area contributed by atoms with Crippen LogP contribution in [0.5, 0.6) is 0 Å². The van der Waals surface area contributed by atoms with Gasteiger partial charge in [0.15, 0.2) is 5.78 Å². The van der Waals surface area contributed by atoms with Crippen molar-refractivity contribution in [1.29, 1.82) is 0 Å². The van der Waals surface area contributed by atoms with E-state index in [4.69, 9.17) is 9.47 Å². The number of fused-ring (bicyclic) bond motifs is 5. The highest BCUT2D eigenvalue weighted by Crippen LogP contribution is 2.69. The van der Waals surface area contributed by atoms with E-state index in [1.807, 2.05) is 13.0 Å². The maximum Gasteiger partial charge on any atom is 0.350 e. The number of aliphatic hydroxyl groups is 2. The lowest BCUT2D eigenvalue weighted by Crippen LogP contribution is -2.67. The minimum Gasteiger partial charge on any atom is -0.466 e. The molecular formula is C24H32O7. The van der Waals surface area contributed by atoms with Gasteiger partial charge in [-0.2, -0.15) is 0 Å². The van der Waals surface area contributed by atoms with E-state index in [-0.39, 0.29) is 29.5 Å². The van der Waals surface area contributed by atoms with Crippen LogP contribution in [0, 0.1) is 22.7 Å². The fourth-order valence-corrected chi connectivity index (χ4v) is 7.26. The molecule has 7 heteroatoms. The van der Waals surface area contributed by atoms with Crippen LogP contribution < -0.4 is 0 Å². The standard InChI is InChI=1S/C24H32O7/c1-14(25)31-19(20(27)30-4)24(29)12-11-23(28)18-6-5-15-13-16(26)7-9-21(15,2)17(18)8-10-22(23,24)3/h7,9,13,17-19,28-29H,5-6,8,10-12H2,1-4H3/t17-,18+,19-,21-,22-,23?,24-/m0/s1. The van der Waals surface area contributed by atoms with Crippen molar-refractivity contribution in [3.63, 3.8) is 0 Å². The Morgan fingerprint density at radius 1 is 1.13 bits per heavy atom. The molecule has 0 amide bonds. The average Bonchev–Trinajstić information content (AvgIpc) is 2.94. The van der Waals surface area contributed by atoms with Crippen molar-refractivity contribution in [3.8, 4) is 0 Å². The molecule has 0 aliphatic heterocycles. The molecule has 0 heterocycles. The van der Waals surface area contributed by atoms with E-state index in [9.17, 15) is 24.6 Å². The number of ketones is 1. The van der Waals surface area contributed by atoms with Crippen LogP contribution in [0.3, 0.4) is 0 Å². The van der Waals surface area contributed by atoms with Crippen molar-refractivity contribution >= 4 is 17.7 Å². The molecule has 0 bridgehead atoms. The van der Waals surface area contributed by atoms with Crippen LogP contribution in [0.25, 0.3) is 0 Å². The Morgan fingerprint density at radius 2 is 1.84 bits per heavy atom. The van der Waals surface area contributed by atoms with Crippen LogP contribution in [0.2, 0.25) is 0 Å². The summed E-state index contributed by atoms with van der Waals surface area (Å²) in [6, 6.07) is 0. The second-order valence-electron chi connectivity index (χ2n) is 10.2. The van der Waals surface area contributed by atoms with Crippen molar-refractivity contribution in [2.24, 2.45) is 22.7 Å². The summed E-state index contributed by atoms with van der Waals surface area (Å²) in [7, 11) is 1.19. The van der Waals surface area contributed by atoms with Crippen LogP contribution in [0.15, 0.2) is 23.8 Å². The Morgan fingerprint density at radius 3 is 2.48 bits per heavy atom. The molecule has 7 atom stereocenters. The number of carbonyl (C=O) groups excluding carboxylic acids is 3. The van der Waals surface area contributed by atoms with E-state index in [0.717, 1.165) is 5.57 Å². The van der Waals surface area contributed by atoms with Gasteiger partial charge in [-0.3, -0.25) is 9.59 Å². The van der Waals surface area contributed by atoms with E-state index in [2.05, 4.69) is 6.92 Å². The first kappa shape index (κ1) is 22.2. The number of methoxy groups -OCH3 is 1. The summed E-state index contributed by atoms with van der Waals surface area (Å²) in [6.45, 7) is 5.12. The number of allylic oxidation sites excluding steroid dienone is 4. The van der Waals surface area contributed by atoms with Crippen molar-refractivity contribution in [1.82, 2.24) is 0 Å². The summed E-state index contributed by atoms with van der Waals surface area (Å²) in [5.74, 6) is -1.50. The summed E-state index contributed by atoms with van der Waals surface area (Å²) >= 11 is 0. The topological polar surface area (TPSA) is 110 Å². The normalized spacial score (nSPS) is 44.5. The summed E-state index contributed by atoms with van der Waals surface area (Å²) in [5, 5.41) is 24.0. The first-order chi connectivity index (χ1) is 14.4. The minimum absolute atomic E-state index is 0.00262. The summed E-state index contributed by atoms with van der Waals surface area (Å²) in [4.78, 5) is 36.2. The molecule has 0 aromatic rings. The number of esters is 2. The van der Waals surface area contributed by atoms with Gasteiger partial charge in [-0.15, -0.1) is 0 Å². The zero-order valence-electron chi connectivity index (χ0n) is 18.6. The number of ether oxygens (including phenoxy) is 2. The van der Waals surface area contributed by atoms with Crippen LogP contribution in [0.1, 0.15) is 59.3 Å². The largest absolute Gasteiger partial charge is 0.466 e. The predicted octanol–water partition coefficient (Wildman–Crippen LogP) is 2.24. The average molecular weight is 433 g/mol. The Hall–Kier alpha value is -1.99. The summed E-state index contributed by atoms with van der Waals surface area (Å²) in [6.07, 6.45) is 6.83. The highest BCUT2D eigenvalue weighted by Gasteiger charge is 2.74. The molecular weight excluding hydrogens is 400 g/mol. The molecule has 4 aliphatic carbocycles. The molecule has 4 aliphatic rings. The quantitative estimate of drug-likeness (QED) is 0.658. The van der Waals surface area contributed by atoms with Gasteiger partial charge in [0.05, 0.1) is 12.7 Å². The Kier molecular flexibility index (Phi) is 5.02. The van der Waals surface area contributed by atoms with E-state index in [1.165, 1.54) is 14.0 Å². The van der Waals surface area contributed by atoms with Gasteiger partial charge in [0.25, 0.3) is 0 Å². The van der Waals surface area contributed by atoms with Crippen LogP contribution >= 0.6 is 0 Å². The third kappa shape index (κ3) is 2.82. The highest BCUT2D eigenvalue weighted by atomic mass is 16.6.